The molecule has 0 aromatic carbocycles. The summed E-state index contributed by atoms with van der Waals surface area (Å²) in [5.41, 5.74) is -0.536. The van der Waals surface area contributed by atoms with Crippen molar-refractivity contribution in [2.75, 3.05) is 13.2 Å². The molecule has 0 radical (unpaired) electrons. The molecule has 2 amide bonds. The van der Waals surface area contributed by atoms with Crippen molar-refractivity contribution in [3.8, 4) is 0 Å². The maximum absolute atomic E-state index is 13.3. The molecule has 3 fully saturated rings. The molecule has 1 spiro atoms. The standard InChI is InChI=1S/C19H32N2O3/c1-3-11-20-17(22)16-13-24-19(10-6-7-14(2)12-19)21(16)18(23)15-8-4-5-9-15/h14-16H,3-13H2,1-2H3,(H,20,22)/t14-,16-,19+/m0/s1. The van der Waals surface area contributed by atoms with Gasteiger partial charge in [0.05, 0.1) is 6.61 Å². The van der Waals surface area contributed by atoms with Gasteiger partial charge in [0.2, 0.25) is 11.8 Å². The lowest BCUT2D eigenvalue weighted by atomic mass is 9.82. The predicted octanol–water partition coefficient (Wildman–Crippen LogP) is 2.84. The van der Waals surface area contributed by atoms with Gasteiger partial charge in [-0.15, -0.1) is 0 Å². The average Bonchev–Trinajstić information content (AvgIpc) is 3.20. The third-order valence-corrected chi connectivity index (χ3v) is 5.99. The third-order valence-electron chi connectivity index (χ3n) is 5.99. The highest BCUT2D eigenvalue weighted by atomic mass is 16.5. The minimum Gasteiger partial charge on any atom is -0.354 e. The van der Waals surface area contributed by atoms with Crippen LogP contribution in [0.15, 0.2) is 0 Å². The summed E-state index contributed by atoms with van der Waals surface area (Å²) in [6.45, 7) is 5.27. The Morgan fingerprint density at radius 2 is 1.96 bits per heavy atom. The molecule has 1 aliphatic heterocycles. The number of nitrogens with one attached hydrogen (secondary N) is 1. The van der Waals surface area contributed by atoms with Crippen LogP contribution in [0.1, 0.15) is 71.6 Å². The smallest absolute Gasteiger partial charge is 0.245 e. The Morgan fingerprint density at radius 3 is 2.62 bits per heavy atom. The van der Waals surface area contributed by atoms with E-state index in [1.165, 1.54) is 6.42 Å². The van der Waals surface area contributed by atoms with Crippen LogP contribution in [0.4, 0.5) is 0 Å². The summed E-state index contributed by atoms with van der Waals surface area (Å²) >= 11 is 0. The van der Waals surface area contributed by atoms with Crippen LogP contribution < -0.4 is 5.32 Å². The van der Waals surface area contributed by atoms with Gasteiger partial charge < -0.3 is 10.1 Å². The topological polar surface area (TPSA) is 58.6 Å². The maximum atomic E-state index is 13.3. The molecule has 24 heavy (non-hydrogen) atoms. The van der Waals surface area contributed by atoms with Gasteiger partial charge in [-0.2, -0.15) is 0 Å². The first-order valence-corrected chi connectivity index (χ1v) is 9.82. The summed E-state index contributed by atoms with van der Waals surface area (Å²) in [5.74, 6) is 0.742. The van der Waals surface area contributed by atoms with E-state index in [-0.39, 0.29) is 17.7 Å². The maximum Gasteiger partial charge on any atom is 0.245 e. The first kappa shape index (κ1) is 17.7. The van der Waals surface area contributed by atoms with Crippen molar-refractivity contribution in [1.82, 2.24) is 10.2 Å². The van der Waals surface area contributed by atoms with Crippen molar-refractivity contribution in [2.45, 2.75) is 83.4 Å². The summed E-state index contributed by atoms with van der Waals surface area (Å²) < 4.78 is 6.20. The van der Waals surface area contributed by atoms with Gasteiger partial charge in [-0.1, -0.05) is 33.1 Å². The Hall–Kier alpha value is -1.10. The summed E-state index contributed by atoms with van der Waals surface area (Å²) in [4.78, 5) is 27.8. The molecule has 5 nitrogen and oxygen atoms in total. The molecule has 2 aliphatic carbocycles. The van der Waals surface area contributed by atoms with E-state index in [1.54, 1.807) is 0 Å². The van der Waals surface area contributed by atoms with Crippen molar-refractivity contribution in [2.24, 2.45) is 11.8 Å². The minimum atomic E-state index is -0.536. The van der Waals surface area contributed by atoms with E-state index in [4.69, 9.17) is 4.74 Å². The molecule has 3 rings (SSSR count). The Kier molecular flexibility index (Phi) is 5.48. The molecule has 0 aromatic heterocycles. The second kappa shape index (κ2) is 7.42. The van der Waals surface area contributed by atoms with Crippen LogP contribution in [0.3, 0.4) is 0 Å². The Bertz CT molecular complexity index is 475. The molecule has 0 unspecified atom stereocenters. The summed E-state index contributed by atoms with van der Waals surface area (Å²) in [6.07, 6.45) is 9.06. The minimum absolute atomic E-state index is 0.0432. The second-order valence-corrected chi connectivity index (χ2v) is 7.96. The lowest BCUT2D eigenvalue weighted by Gasteiger charge is -2.44. The van der Waals surface area contributed by atoms with Crippen LogP contribution in [0.5, 0.6) is 0 Å². The van der Waals surface area contributed by atoms with Gasteiger partial charge in [0.25, 0.3) is 0 Å². The Labute approximate surface area is 145 Å². The van der Waals surface area contributed by atoms with E-state index in [2.05, 4.69) is 12.2 Å². The molecule has 1 N–H and O–H groups in total. The van der Waals surface area contributed by atoms with Crippen LogP contribution >= 0.6 is 0 Å². The lowest BCUT2D eigenvalue weighted by Crippen LogP contribution is -2.58. The Balaban J connectivity index is 1.83. The fraction of sp³-hybridized carbons (Fsp3) is 0.895. The first-order chi connectivity index (χ1) is 11.6. The normalized spacial score (nSPS) is 34.0. The van der Waals surface area contributed by atoms with E-state index >= 15 is 0 Å². The van der Waals surface area contributed by atoms with Crippen LogP contribution in [0.25, 0.3) is 0 Å². The van der Waals surface area contributed by atoms with E-state index < -0.39 is 11.8 Å². The number of hydrogen-bond donors (Lipinski definition) is 1. The van der Waals surface area contributed by atoms with Crippen LogP contribution in [0, 0.1) is 11.8 Å². The Morgan fingerprint density at radius 1 is 1.21 bits per heavy atom. The molecular weight excluding hydrogens is 304 g/mol. The van der Waals surface area contributed by atoms with E-state index in [0.29, 0.717) is 19.1 Å². The van der Waals surface area contributed by atoms with Gasteiger partial charge in [-0.3, -0.25) is 14.5 Å². The zero-order valence-corrected chi connectivity index (χ0v) is 15.2. The fourth-order valence-corrected chi connectivity index (χ4v) is 4.77. The highest BCUT2D eigenvalue weighted by molar-refractivity contribution is 5.89. The van der Waals surface area contributed by atoms with Crippen LogP contribution in [-0.4, -0.2) is 41.6 Å². The molecule has 1 saturated heterocycles. The summed E-state index contributed by atoms with van der Waals surface area (Å²) in [5, 5.41) is 2.97. The summed E-state index contributed by atoms with van der Waals surface area (Å²) in [7, 11) is 0. The largest absolute Gasteiger partial charge is 0.354 e. The zero-order chi connectivity index (χ0) is 17.2. The van der Waals surface area contributed by atoms with Crippen molar-refractivity contribution in [3.05, 3.63) is 0 Å². The monoisotopic (exact) mass is 336 g/mol. The first-order valence-electron chi connectivity index (χ1n) is 9.82. The van der Waals surface area contributed by atoms with Crippen molar-refractivity contribution < 1.29 is 14.3 Å². The molecule has 136 valence electrons. The van der Waals surface area contributed by atoms with Gasteiger partial charge in [-0.05, 0) is 44.4 Å². The van der Waals surface area contributed by atoms with Crippen molar-refractivity contribution >= 4 is 11.8 Å². The molecular formula is C19H32N2O3. The quantitative estimate of drug-likeness (QED) is 0.859. The summed E-state index contributed by atoms with van der Waals surface area (Å²) in [6, 6.07) is -0.449. The molecule has 0 aromatic rings. The van der Waals surface area contributed by atoms with E-state index in [0.717, 1.165) is 51.4 Å². The number of rotatable bonds is 4. The predicted molar refractivity (Wildman–Crippen MR) is 92.2 cm³/mol. The van der Waals surface area contributed by atoms with Gasteiger partial charge in [0, 0.05) is 12.5 Å². The van der Waals surface area contributed by atoms with Crippen LogP contribution in [0.2, 0.25) is 0 Å². The second-order valence-electron chi connectivity index (χ2n) is 7.96. The van der Waals surface area contributed by atoms with Gasteiger partial charge >= 0.3 is 0 Å². The number of ether oxygens (including phenoxy) is 1. The van der Waals surface area contributed by atoms with Crippen molar-refractivity contribution in [3.63, 3.8) is 0 Å². The number of nitrogens with zero attached hydrogens (tertiary/aromatic N) is 1. The highest BCUT2D eigenvalue weighted by Crippen LogP contribution is 2.44. The van der Waals surface area contributed by atoms with E-state index in [1.807, 2.05) is 11.8 Å². The third kappa shape index (κ3) is 3.32. The molecule has 3 atom stereocenters. The number of carbonyl (C=O) groups excluding carboxylic acids is 2. The number of carbonyl (C=O) groups is 2. The molecule has 5 heteroatoms. The molecule has 1 heterocycles. The van der Waals surface area contributed by atoms with Crippen LogP contribution in [-0.2, 0) is 14.3 Å². The van der Waals surface area contributed by atoms with Gasteiger partial charge in [-0.25, -0.2) is 0 Å². The fourth-order valence-electron chi connectivity index (χ4n) is 4.77. The SMILES string of the molecule is CCCNC(=O)[C@@H]1CO[C@@]2(CCC[C@H](C)C2)N1C(=O)C1CCCC1. The number of amides is 2. The van der Waals surface area contributed by atoms with Gasteiger partial charge in [0.1, 0.15) is 11.8 Å². The lowest BCUT2D eigenvalue weighted by molar-refractivity contribution is -0.166. The number of hydrogen-bond acceptors (Lipinski definition) is 3. The average molecular weight is 336 g/mol. The highest BCUT2D eigenvalue weighted by Gasteiger charge is 2.54. The van der Waals surface area contributed by atoms with Gasteiger partial charge in [0.15, 0.2) is 0 Å². The molecule has 2 saturated carbocycles. The molecule has 0 bridgehead atoms. The van der Waals surface area contributed by atoms with Crippen molar-refractivity contribution in [1.29, 1.82) is 0 Å². The van der Waals surface area contributed by atoms with E-state index in [9.17, 15) is 9.59 Å². The zero-order valence-electron chi connectivity index (χ0n) is 15.2. The molecule has 3 aliphatic rings.